The van der Waals surface area contributed by atoms with Gasteiger partial charge in [0.1, 0.15) is 5.92 Å². The van der Waals surface area contributed by atoms with Crippen LogP contribution in [-0.2, 0) is 19.1 Å². The van der Waals surface area contributed by atoms with Crippen molar-refractivity contribution in [1.82, 2.24) is 10.2 Å². The number of carbonyl (C=O) groups excluding carboxylic acids is 3. The van der Waals surface area contributed by atoms with Crippen LogP contribution in [0.5, 0.6) is 0 Å². The van der Waals surface area contributed by atoms with E-state index >= 15 is 0 Å². The van der Waals surface area contributed by atoms with Gasteiger partial charge in [-0.15, -0.1) is 0 Å². The van der Waals surface area contributed by atoms with Crippen molar-refractivity contribution in [1.29, 1.82) is 5.26 Å². The van der Waals surface area contributed by atoms with Crippen LogP contribution in [-0.4, -0.2) is 48.6 Å². The zero-order valence-corrected chi connectivity index (χ0v) is 17.4. The first kappa shape index (κ1) is 21.2. The predicted octanol–water partition coefficient (Wildman–Crippen LogP) is 2.43. The molecule has 0 bridgehead atoms. The van der Waals surface area contributed by atoms with Crippen LogP contribution in [0.1, 0.15) is 24.3 Å². The fourth-order valence-corrected chi connectivity index (χ4v) is 4.78. The molecule has 2 aliphatic rings. The van der Waals surface area contributed by atoms with E-state index in [0.717, 1.165) is 37.7 Å². The van der Waals surface area contributed by atoms with Gasteiger partial charge in [-0.25, -0.2) is 0 Å². The van der Waals surface area contributed by atoms with Crippen LogP contribution >= 0.6 is 23.4 Å². The molecular weight excluding hydrogens is 414 g/mol. The highest BCUT2D eigenvalue weighted by molar-refractivity contribution is 8.03. The van der Waals surface area contributed by atoms with Crippen LogP contribution < -0.4 is 5.32 Å². The Morgan fingerprint density at radius 2 is 2.03 bits per heavy atom. The highest BCUT2D eigenvalue weighted by Crippen LogP contribution is 2.42. The molecule has 1 saturated heterocycles. The molecule has 152 valence electrons. The SMILES string of the molecule is COC(=O)[C@@H]1C(=O)NC(SCC(=O)N2CCCC2)=C(C#N)[C@H]1c1ccccc1Cl. The Kier molecular flexibility index (Phi) is 6.83. The van der Waals surface area contributed by atoms with Gasteiger partial charge in [0, 0.05) is 24.0 Å². The summed E-state index contributed by atoms with van der Waals surface area (Å²) in [6.07, 6.45) is 1.96. The van der Waals surface area contributed by atoms with Crippen LogP contribution in [0.4, 0.5) is 0 Å². The molecule has 9 heteroatoms. The van der Waals surface area contributed by atoms with E-state index in [-0.39, 0.29) is 22.3 Å². The van der Waals surface area contributed by atoms with Crippen molar-refractivity contribution >= 4 is 41.1 Å². The molecule has 0 saturated carbocycles. The van der Waals surface area contributed by atoms with E-state index in [1.165, 1.54) is 7.11 Å². The number of halogens is 1. The fraction of sp³-hybridized carbons (Fsp3) is 0.400. The van der Waals surface area contributed by atoms with Crippen LogP contribution in [0, 0.1) is 17.2 Å². The molecule has 0 spiro atoms. The number of esters is 1. The maximum Gasteiger partial charge on any atom is 0.319 e. The molecule has 0 radical (unpaired) electrons. The second-order valence-electron chi connectivity index (χ2n) is 6.72. The van der Waals surface area contributed by atoms with Crippen molar-refractivity contribution in [2.75, 3.05) is 26.0 Å². The number of amides is 2. The second-order valence-corrected chi connectivity index (χ2v) is 8.11. The summed E-state index contributed by atoms with van der Waals surface area (Å²) < 4.78 is 4.80. The Morgan fingerprint density at radius 1 is 1.34 bits per heavy atom. The van der Waals surface area contributed by atoms with Crippen molar-refractivity contribution in [3.05, 3.63) is 45.5 Å². The third kappa shape index (κ3) is 4.41. The number of carbonyl (C=O) groups is 3. The number of methoxy groups -OCH3 is 1. The number of nitrogens with zero attached hydrogens (tertiary/aromatic N) is 2. The number of likely N-dealkylation sites (tertiary alicyclic amines) is 1. The molecule has 1 fully saturated rings. The maximum absolute atomic E-state index is 12.8. The minimum absolute atomic E-state index is 0.0454. The molecular formula is C20H20ClN3O4S. The molecule has 2 atom stereocenters. The quantitative estimate of drug-likeness (QED) is 0.565. The largest absolute Gasteiger partial charge is 0.468 e. The number of ether oxygens (including phenoxy) is 1. The fourth-order valence-electron chi connectivity index (χ4n) is 3.57. The van der Waals surface area contributed by atoms with E-state index in [9.17, 15) is 19.6 Å². The van der Waals surface area contributed by atoms with E-state index in [1.54, 1.807) is 29.2 Å². The predicted molar refractivity (Wildman–Crippen MR) is 109 cm³/mol. The van der Waals surface area contributed by atoms with Gasteiger partial charge in [-0.05, 0) is 24.5 Å². The van der Waals surface area contributed by atoms with Crippen LogP contribution in [0.15, 0.2) is 34.9 Å². The van der Waals surface area contributed by atoms with Gasteiger partial charge in [0.25, 0.3) is 0 Å². The number of nitrogens with one attached hydrogen (secondary N) is 1. The molecule has 0 unspecified atom stereocenters. The first-order chi connectivity index (χ1) is 14.0. The van der Waals surface area contributed by atoms with Gasteiger partial charge in [0.2, 0.25) is 11.8 Å². The molecule has 0 aromatic heterocycles. The molecule has 2 heterocycles. The first-order valence-corrected chi connectivity index (χ1v) is 10.5. The molecule has 0 aliphatic carbocycles. The lowest BCUT2D eigenvalue weighted by Crippen LogP contribution is -2.44. The molecule has 29 heavy (non-hydrogen) atoms. The monoisotopic (exact) mass is 433 g/mol. The van der Waals surface area contributed by atoms with Crippen molar-refractivity contribution < 1.29 is 19.1 Å². The summed E-state index contributed by atoms with van der Waals surface area (Å²) >= 11 is 7.41. The van der Waals surface area contributed by atoms with E-state index in [4.69, 9.17) is 16.3 Å². The number of benzene rings is 1. The highest BCUT2D eigenvalue weighted by atomic mass is 35.5. The summed E-state index contributed by atoms with van der Waals surface area (Å²) in [5.74, 6) is -3.42. The van der Waals surface area contributed by atoms with Crippen LogP contribution in [0.25, 0.3) is 0 Å². The molecule has 1 N–H and O–H groups in total. The molecule has 3 rings (SSSR count). The molecule has 1 aromatic carbocycles. The van der Waals surface area contributed by atoms with E-state index in [2.05, 4.69) is 11.4 Å². The van der Waals surface area contributed by atoms with Crippen molar-refractivity contribution in [3.63, 3.8) is 0 Å². The number of hydrogen-bond donors (Lipinski definition) is 1. The number of nitriles is 1. The van der Waals surface area contributed by atoms with Crippen molar-refractivity contribution in [2.24, 2.45) is 5.92 Å². The summed E-state index contributed by atoms with van der Waals surface area (Å²) in [6.45, 7) is 1.45. The number of thioether (sulfide) groups is 1. The van der Waals surface area contributed by atoms with Gasteiger partial charge in [0.05, 0.1) is 29.5 Å². The lowest BCUT2D eigenvalue weighted by atomic mass is 9.78. The maximum atomic E-state index is 12.8. The summed E-state index contributed by atoms with van der Waals surface area (Å²) in [5, 5.41) is 13.1. The van der Waals surface area contributed by atoms with Gasteiger partial charge in [-0.3, -0.25) is 14.4 Å². The Labute approximate surface area is 178 Å². The van der Waals surface area contributed by atoms with Crippen molar-refractivity contribution in [2.45, 2.75) is 18.8 Å². The standard InChI is InChI=1S/C20H20ClN3O4S/c1-28-20(27)17-16(12-6-2-3-7-14(12)21)13(10-22)19(23-18(17)26)29-11-15(25)24-8-4-5-9-24/h2-3,6-7,16-17H,4-5,8-9,11H2,1H3,(H,23,26)/t16-,17+/m1/s1. The average Bonchev–Trinajstić information content (AvgIpc) is 3.26. The zero-order chi connectivity index (χ0) is 21.0. The first-order valence-electron chi connectivity index (χ1n) is 9.16. The molecule has 1 aromatic rings. The Bertz CT molecular complexity index is 905. The van der Waals surface area contributed by atoms with Crippen LogP contribution in [0.2, 0.25) is 5.02 Å². The third-order valence-corrected chi connectivity index (χ3v) is 6.37. The van der Waals surface area contributed by atoms with Gasteiger partial charge in [-0.2, -0.15) is 5.26 Å². The summed E-state index contributed by atoms with van der Waals surface area (Å²) in [6, 6.07) is 8.87. The van der Waals surface area contributed by atoms with Gasteiger partial charge < -0.3 is 15.0 Å². The van der Waals surface area contributed by atoms with E-state index in [0.29, 0.717) is 10.6 Å². The normalized spacial score (nSPS) is 21.6. The summed E-state index contributed by atoms with van der Waals surface area (Å²) in [4.78, 5) is 39.3. The van der Waals surface area contributed by atoms with Crippen molar-refractivity contribution in [3.8, 4) is 6.07 Å². The second kappa shape index (κ2) is 9.33. The average molecular weight is 434 g/mol. The lowest BCUT2D eigenvalue weighted by Gasteiger charge is -2.31. The topological polar surface area (TPSA) is 99.5 Å². The Hall–Kier alpha value is -2.50. The molecule has 2 aliphatic heterocycles. The minimum Gasteiger partial charge on any atom is -0.468 e. The van der Waals surface area contributed by atoms with Gasteiger partial charge in [0.15, 0.2) is 0 Å². The molecule has 7 nitrogen and oxygen atoms in total. The number of hydrogen-bond acceptors (Lipinski definition) is 6. The number of allylic oxidation sites excluding steroid dienone is 1. The van der Waals surface area contributed by atoms with Gasteiger partial charge >= 0.3 is 5.97 Å². The highest BCUT2D eigenvalue weighted by Gasteiger charge is 2.45. The van der Waals surface area contributed by atoms with Crippen LogP contribution in [0.3, 0.4) is 0 Å². The van der Waals surface area contributed by atoms with Gasteiger partial charge in [-0.1, -0.05) is 41.6 Å². The Morgan fingerprint density at radius 3 is 2.66 bits per heavy atom. The number of rotatable bonds is 5. The Balaban J connectivity index is 1.97. The minimum atomic E-state index is -1.24. The van der Waals surface area contributed by atoms with E-state index in [1.807, 2.05) is 0 Å². The summed E-state index contributed by atoms with van der Waals surface area (Å²) in [7, 11) is 1.19. The zero-order valence-electron chi connectivity index (χ0n) is 15.8. The third-order valence-electron chi connectivity index (χ3n) is 5.02. The van der Waals surface area contributed by atoms with E-state index < -0.39 is 23.7 Å². The molecule has 2 amide bonds. The lowest BCUT2D eigenvalue weighted by molar-refractivity contribution is -0.150. The summed E-state index contributed by atoms with van der Waals surface area (Å²) in [5.41, 5.74) is 0.673. The smallest absolute Gasteiger partial charge is 0.319 e.